The molecule has 3 N–H and O–H groups in total. The van der Waals surface area contributed by atoms with Gasteiger partial charge in [0, 0.05) is 30.9 Å². The van der Waals surface area contributed by atoms with Gasteiger partial charge in [-0.05, 0) is 24.3 Å². The molecule has 0 radical (unpaired) electrons. The Balaban J connectivity index is 1.76. The Morgan fingerprint density at radius 1 is 1.24 bits per heavy atom. The first kappa shape index (κ1) is 14.6. The van der Waals surface area contributed by atoms with Gasteiger partial charge in [0.25, 0.3) is 5.91 Å². The summed E-state index contributed by atoms with van der Waals surface area (Å²) >= 11 is 0. The van der Waals surface area contributed by atoms with Crippen LogP contribution >= 0.6 is 0 Å². The van der Waals surface area contributed by atoms with Crippen molar-refractivity contribution in [1.29, 1.82) is 0 Å². The van der Waals surface area contributed by atoms with Gasteiger partial charge in [-0.1, -0.05) is 0 Å². The van der Waals surface area contributed by atoms with Crippen molar-refractivity contribution in [1.82, 2.24) is 15.3 Å². The second-order valence-electron chi connectivity index (χ2n) is 4.15. The summed E-state index contributed by atoms with van der Waals surface area (Å²) in [6, 6.07) is 7.71. The van der Waals surface area contributed by atoms with Crippen molar-refractivity contribution < 1.29 is 14.6 Å². The molecular formula is C14H16N4O3. The van der Waals surface area contributed by atoms with Crippen molar-refractivity contribution in [3.05, 3.63) is 42.1 Å². The molecule has 0 saturated heterocycles. The molecule has 110 valence electrons. The molecule has 2 aromatic rings. The third-order valence-electron chi connectivity index (χ3n) is 2.66. The van der Waals surface area contributed by atoms with Gasteiger partial charge in [0.2, 0.25) is 11.8 Å². The lowest BCUT2D eigenvalue weighted by Crippen LogP contribution is -2.29. The average Bonchev–Trinajstić information content (AvgIpc) is 2.52. The summed E-state index contributed by atoms with van der Waals surface area (Å²) in [6.07, 6.45) is 1.59. The van der Waals surface area contributed by atoms with Crippen LogP contribution in [0.15, 0.2) is 36.5 Å². The summed E-state index contributed by atoms with van der Waals surface area (Å²) in [7, 11) is 1.53. The van der Waals surface area contributed by atoms with Crippen molar-refractivity contribution >= 4 is 11.9 Å². The minimum Gasteiger partial charge on any atom is -0.508 e. The predicted molar refractivity (Wildman–Crippen MR) is 77.5 cm³/mol. The lowest BCUT2D eigenvalue weighted by molar-refractivity contribution is 0.0955. The highest BCUT2D eigenvalue weighted by Gasteiger charge is 2.04. The van der Waals surface area contributed by atoms with E-state index in [9.17, 15) is 4.79 Å². The van der Waals surface area contributed by atoms with Gasteiger partial charge in [0.15, 0.2) is 0 Å². The van der Waals surface area contributed by atoms with Crippen LogP contribution in [0.1, 0.15) is 10.4 Å². The first-order valence-corrected chi connectivity index (χ1v) is 6.37. The SMILES string of the molecule is COc1ccnc(NCCNC(=O)c2ccc(O)cc2)n1. The summed E-state index contributed by atoms with van der Waals surface area (Å²) in [4.78, 5) is 19.9. The molecule has 7 nitrogen and oxygen atoms in total. The summed E-state index contributed by atoms with van der Waals surface area (Å²) in [5.41, 5.74) is 0.491. The Morgan fingerprint density at radius 3 is 2.71 bits per heavy atom. The monoisotopic (exact) mass is 288 g/mol. The van der Waals surface area contributed by atoms with E-state index in [1.54, 1.807) is 24.4 Å². The number of methoxy groups -OCH3 is 1. The van der Waals surface area contributed by atoms with E-state index in [0.717, 1.165) is 0 Å². The second kappa shape index (κ2) is 7.09. The molecule has 0 fully saturated rings. The Bertz CT molecular complexity index is 601. The van der Waals surface area contributed by atoms with E-state index in [-0.39, 0.29) is 11.7 Å². The van der Waals surface area contributed by atoms with E-state index in [1.165, 1.54) is 19.2 Å². The Hall–Kier alpha value is -2.83. The molecule has 0 unspecified atom stereocenters. The second-order valence-corrected chi connectivity index (χ2v) is 4.15. The van der Waals surface area contributed by atoms with Crippen LogP contribution in [0.4, 0.5) is 5.95 Å². The Labute approximate surface area is 122 Å². The molecule has 7 heteroatoms. The number of anilines is 1. The van der Waals surface area contributed by atoms with E-state index in [0.29, 0.717) is 30.5 Å². The third kappa shape index (κ3) is 4.34. The van der Waals surface area contributed by atoms with Gasteiger partial charge in [0.05, 0.1) is 7.11 Å². The maximum atomic E-state index is 11.8. The molecule has 0 atom stereocenters. The number of nitrogens with zero attached hydrogens (tertiary/aromatic N) is 2. The van der Waals surface area contributed by atoms with Crippen molar-refractivity contribution in [2.45, 2.75) is 0 Å². The van der Waals surface area contributed by atoms with Gasteiger partial charge in [-0.2, -0.15) is 4.98 Å². The van der Waals surface area contributed by atoms with Crippen LogP contribution in [-0.2, 0) is 0 Å². The molecule has 1 aromatic heterocycles. The molecule has 2 rings (SSSR count). The van der Waals surface area contributed by atoms with Gasteiger partial charge in [-0.15, -0.1) is 0 Å². The molecule has 0 spiro atoms. The molecule has 0 saturated carbocycles. The molecule has 0 bridgehead atoms. The Kier molecular flexibility index (Phi) is 4.92. The van der Waals surface area contributed by atoms with Gasteiger partial charge < -0.3 is 20.5 Å². The van der Waals surface area contributed by atoms with Crippen molar-refractivity contribution in [2.75, 3.05) is 25.5 Å². The number of aromatic hydroxyl groups is 1. The van der Waals surface area contributed by atoms with E-state index < -0.39 is 0 Å². The van der Waals surface area contributed by atoms with Crippen LogP contribution in [-0.4, -0.2) is 41.2 Å². The molecule has 0 aliphatic rings. The highest BCUT2D eigenvalue weighted by molar-refractivity contribution is 5.94. The standard InChI is InChI=1S/C14H16N4O3/c1-21-12-6-7-16-14(18-12)17-9-8-15-13(20)10-2-4-11(19)5-3-10/h2-7,19H,8-9H2,1H3,(H,15,20)(H,16,17,18). The first-order valence-electron chi connectivity index (χ1n) is 6.37. The molecule has 1 amide bonds. The number of aromatic nitrogens is 2. The number of rotatable bonds is 6. The molecular weight excluding hydrogens is 272 g/mol. The maximum absolute atomic E-state index is 11.8. The largest absolute Gasteiger partial charge is 0.508 e. The molecule has 21 heavy (non-hydrogen) atoms. The topological polar surface area (TPSA) is 96.4 Å². The highest BCUT2D eigenvalue weighted by atomic mass is 16.5. The zero-order valence-electron chi connectivity index (χ0n) is 11.5. The number of carbonyl (C=O) groups is 1. The third-order valence-corrected chi connectivity index (χ3v) is 2.66. The smallest absolute Gasteiger partial charge is 0.251 e. The van der Waals surface area contributed by atoms with Crippen LogP contribution < -0.4 is 15.4 Å². The number of phenols is 1. The predicted octanol–water partition coefficient (Wildman–Crippen LogP) is 1.03. The number of amides is 1. The lowest BCUT2D eigenvalue weighted by Gasteiger charge is -2.07. The summed E-state index contributed by atoms with van der Waals surface area (Å²) in [5, 5.41) is 14.9. The van der Waals surface area contributed by atoms with Crippen LogP contribution in [0.2, 0.25) is 0 Å². The summed E-state index contributed by atoms with van der Waals surface area (Å²) < 4.78 is 4.99. The quantitative estimate of drug-likeness (QED) is 0.687. The minimum atomic E-state index is -0.205. The highest BCUT2D eigenvalue weighted by Crippen LogP contribution is 2.09. The van der Waals surface area contributed by atoms with Gasteiger partial charge in [-0.25, -0.2) is 4.98 Å². The van der Waals surface area contributed by atoms with Crippen LogP contribution in [0.5, 0.6) is 11.6 Å². The zero-order chi connectivity index (χ0) is 15.1. The van der Waals surface area contributed by atoms with Gasteiger partial charge >= 0.3 is 0 Å². The number of ether oxygens (including phenoxy) is 1. The van der Waals surface area contributed by atoms with Crippen molar-refractivity contribution in [3.63, 3.8) is 0 Å². The summed E-state index contributed by atoms with van der Waals surface area (Å²) in [5.74, 6) is 0.834. The fraction of sp³-hybridized carbons (Fsp3) is 0.214. The normalized spacial score (nSPS) is 9.95. The van der Waals surface area contributed by atoms with E-state index in [1.807, 2.05) is 0 Å². The first-order chi connectivity index (χ1) is 10.2. The number of hydrogen-bond acceptors (Lipinski definition) is 6. The fourth-order valence-electron chi connectivity index (χ4n) is 1.61. The van der Waals surface area contributed by atoms with E-state index in [4.69, 9.17) is 9.84 Å². The van der Waals surface area contributed by atoms with E-state index in [2.05, 4.69) is 20.6 Å². The van der Waals surface area contributed by atoms with Crippen molar-refractivity contribution in [2.24, 2.45) is 0 Å². The molecule has 1 aromatic carbocycles. The average molecular weight is 288 g/mol. The molecule has 0 aliphatic heterocycles. The molecule has 1 heterocycles. The van der Waals surface area contributed by atoms with E-state index >= 15 is 0 Å². The van der Waals surface area contributed by atoms with Gasteiger partial charge in [0.1, 0.15) is 5.75 Å². The summed E-state index contributed by atoms with van der Waals surface area (Å²) in [6.45, 7) is 0.900. The fourth-order valence-corrected chi connectivity index (χ4v) is 1.61. The van der Waals surface area contributed by atoms with Crippen LogP contribution in [0, 0.1) is 0 Å². The lowest BCUT2D eigenvalue weighted by atomic mass is 10.2. The van der Waals surface area contributed by atoms with Gasteiger partial charge in [-0.3, -0.25) is 4.79 Å². The number of benzene rings is 1. The number of hydrogen-bond donors (Lipinski definition) is 3. The van der Waals surface area contributed by atoms with Crippen molar-refractivity contribution in [3.8, 4) is 11.6 Å². The Morgan fingerprint density at radius 2 is 2.00 bits per heavy atom. The zero-order valence-corrected chi connectivity index (χ0v) is 11.5. The number of phenolic OH excluding ortho intramolecular Hbond substituents is 1. The molecule has 0 aliphatic carbocycles. The minimum absolute atomic E-state index is 0.128. The van der Waals surface area contributed by atoms with Crippen LogP contribution in [0.25, 0.3) is 0 Å². The number of nitrogens with one attached hydrogen (secondary N) is 2. The maximum Gasteiger partial charge on any atom is 0.251 e. The number of carbonyl (C=O) groups excluding carboxylic acids is 1. The van der Waals surface area contributed by atoms with Crippen LogP contribution in [0.3, 0.4) is 0 Å².